The van der Waals surface area contributed by atoms with Gasteiger partial charge in [-0.2, -0.15) is 5.10 Å². The van der Waals surface area contributed by atoms with Crippen LogP contribution in [-0.4, -0.2) is 38.1 Å². The number of fused-ring (bicyclic) bond motifs is 2. The number of nitrogens with zero attached hydrogens (tertiary/aromatic N) is 2. The molecule has 5 aromatic rings. The molecular formula is C28H23F2N3O4. The van der Waals surface area contributed by atoms with Gasteiger partial charge < -0.3 is 19.5 Å². The summed E-state index contributed by atoms with van der Waals surface area (Å²) in [4.78, 5) is 11.5. The number of nitrogens with one attached hydrogen (secondary N) is 1. The van der Waals surface area contributed by atoms with Gasteiger partial charge in [0.1, 0.15) is 11.1 Å². The average Bonchev–Trinajstić information content (AvgIpc) is 3.63. The van der Waals surface area contributed by atoms with Crippen LogP contribution in [0.3, 0.4) is 0 Å². The van der Waals surface area contributed by atoms with Crippen molar-refractivity contribution in [1.29, 1.82) is 0 Å². The van der Waals surface area contributed by atoms with Crippen LogP contribution < -0.4 is 4.74 Å². The Labute approximate surface area is 209 Å². The van der Waals surface area contributed by atoms with E-state index in [1.807, 2.05) is 0 Å². The number of benzene rings is 3. The van der Waals surface area contributed by atoms with Crippen molar-refractivity contribution in [3.05, 3.63) is 77.6 Å². The Kier molecular flexibility index (Phi) is 5.27. The van der Waals surface area contributed by atoms with Crippen LogP contribution in [0.1, 0.15) is 41.7 Å². The molecule has 0 radical (unpaired) electrons. The van der Waals surface area contributed by atoms with E-state index in [4.69, 9.17) is 4.74 Å². The van der Waals surface area contributed by atoms with Crippen LogP contribution in [0, 0.1) is 11.6 Å². The SMILES string of the molecule is COc1cc(-n2c(C3(O)CCCC3)c(-c3ccc(C(=O)O)cc3)c3c(F)c4[nH]ncc4cc32)ccc1F. The van der Waals surface area contributed by atoms with E-state index >= 15 is 4.39 Å². The van der Waals surface area contributed by atoms with Crippen molar-refractivity contribution in [3.63, 3.8) is 0 Å². The minimum atomic E-state index is -1.29. The van der Waals surface area contributed by atoms with E-state index in [-0.39, 0.29) is 22.2 Å². The molecule has 0 unspecified atom stereocenters. The van der Waals surface area contributed by atoms with E-state index in [1.54, 1.807) is 28.8 Å². The summed E-state index contributed by atoms with van der Waals surface area (Å²) in [5, 5.41) is 28.9. The monoisotopic (exact) mass is 503 g/mol. The molecule has 9 heteroatoms. The van der Waals surface area contributed by atoms with Gasteiger partial charge in [-0.15, -0.1) is 0 Å². The summed E-state index contributed by atoms with van der Waals surface area (Å²) >= 11 is 0. The fraction of sp³-hybridized carbons (Fsp3) is 0.214. The number of carboxylic acid groups (broad SMARTS) is 1. The third kappa shape index (κ3) is 3.49. The second-order valence-electron chi connectivity index (χ2n) is 9.42. The normalized spacial score (nSPS) is 15.0. The van der Waals surface area contributed by atoms with E-state index in [9.17, 15) is 19.4 Å². The largest absolute Gasteiger partial charge is 0.494 e. The zero-order valence-electron chi connectivity index (χ0n) is 19.9. The number of aromatic amines is 1. The molecule has 1 fully saturated rings. The van der Waals surface area contributed by atoms with E-state index < -0.39 is 23.2 Å². The first kappa shape index (κ1) is 23.2. The molecule has 3 aromatic carbocycles. The standard InChI is InChI=1S/C28H23F2N3O4/c1-37-21-13-18(8-9-19(21)29)33-20-12-17-14-31-32-25(17)24(30)23(20)22(26(33)28(36)10-2-3-11-28)15-4-6-16(7-5-15)27(34)35/h4-9,12-14,36H,2-3,10-11H2,1H3,(H,31,32)(H,34,35). The van der Waals surface area contributed by atoms with E-state index in [0.29, 0.717) is 46.3 Å². The van der Waals surface area contributed by atoms with E-state index in [0.717, 1.165) is 12.8 Å². The molecule has 1 aliphatic rings. The molecule has 2 heterocycles. The first-order valence-corrected chi connectivity index (χ1v) is 11.9. The summed E-state index contributed by atoms with van der Waals surface area (Å²) in [6, 6.07) is 12.3. The van der Waals surface area contributed by atoms with Crippen LogP contribution in [0.15, 0.2) is 54.7 Å². The quantitative estimate of drug-likeness (QED) is 0.276. The molecule has 0 bridgehead atoms. The molecule has 6 rings (SSSR count). The van der Waals surface area contributed by atoms with Crippen molar-refractivity contribution in [2.75, 3.05) is 7.11 Å². The van der Waals surface area contributed by atoms with Gasteiger partial charge in [0.05, 0.1) is 30.1 Å². The van der Waals surface area contributed by atoms with Crippen molar-refractivity contribution >= 4 is 27.8 Å². The van der Waals surface area contributed by atoms with Crippen LogP contribution in [0.2, 0.25) is 0 Å². The maximum Gasteiger partial charge on any atom is 0.335 e. The van der Waals surface area contributed by atoms with Crippen LogP contribution in [0.4, 0.5) is 8.78 Å². The lowest BCUT2D eigenvalue weighted by Crippen LogP contribution is -2.25. The van der Waals surface area contributed by atoms with Crippen LogP contribution in [0.25, 0.3) is 38.6 Å². The number of ether oxygens (including phenoxy) is 1. The van der Waals surface area contributed by atoms with E-state index in [2.05, 4.69) is 10.2 Å². The predicted octanol–water partition coefficient (Wildman–Crippen LogP) is 5.92. The van der Waals surface area contributed by atoms with Gasteiger partial charge in [-0.3, -0.25) is 5.10 Å². The smallest absolute Gasteiger partial charge is 0.335 e. The summed E-state index contributed by atoms with van der Waals surface area (Å²) in [6.45, 7) is 0. The maximum absolute atomic E-state index is 16.2. The highest BCUT2D eigenvalue weighted by atomic mass is 19.1. The number of hydrogen-bond acceptors (Lipinski definition) is 4. The van der Waals surface area contributed by atoms with Crippen LogP contribution in [0.5, 0.6) is 5.75 Å². The number of aromatic nitrogens is 3. The molecule has 3 N–H and O–H groups in total. The highest BCUT2D eigenvalue weighted by Crippen LogP contribution is 2.49. The average molecular weight is 504 g/mol. The van der Waals surface area contributed by atoms with Gasteiger partial charge in [-0.25, -0.2) is 13.6 Å². The van der Waals surface area contributed by atoms with Crippen LogP contribution in [-0.2, 0) is 5.60 Å². The number of rotatable bonds is 5. The number of aliphatic hydroxyl groups is 1. The first-order valence-electron chi connectivity index (χ1n) is 11.9. The van der Waals surface area contributed by atoms with Gasteiger partial charge in [0.25, 0.3) is 0 Å². The Hall–Kier alpha value is -4.24. The fourth-order valence-corrected chi connectivity index (χ4v) is 5.56. The molecule has 2 aromatic heterocycles. The molecule has 0 atom stereocenters. The molecule has 0 aliphatic heterocycles. The van der Waals surface area contributed by atoms with Crippen molar-refractivity contribution in [2.24, 2.45) is 0 Å². The second-order valence-corrected chi connectivity index (χ2v) is 9.42. The summed E-state index contributed by atoms with van der Waals surface area (Å²) in [5.74, 6) is -2.15. The van der Waals surface area contributed by atoms with Gasteiger partial charge in [0, 0.05) is 28.1 Å². The first-order chi connectivity index (χ1) is 17.8. The maximum atomic E-state index is 16.2. The van der Waals surface area contributed by atoms with Crippen molar-refractivity contribution in [1.82, 2.24) is 14.8 Å². The Morgan fingerprint density at radius 3 is 2.51 bits per heavy atom. The number of aromatic carboxylic acids is 1. The third-order valence-electron chi connectivity index (χ3n) is 7.29. The van der Waals surface area contributed by atoms with Gasteiger partial charge in [0.2, 0.25) is 0 Å². The fourth-order valence-electron chi connectivity index (χ4n) is 5.56. The van der Waals surface area contributed by atoms with Crippen molar-refractivity contribution in [3.8, 4) is 22.6 Å². The third-order valence-corrected chi connectivity index (χ3v) is 7.29. The minimum Gasteiger partial charge on any atom is -0.494 e. The zero-order chi connectivity index (χ0) is 25.9. The molecule has 1 aliphatic carbocycles. The Morgan fingerprint density at radius 2 is 1.84 bits per heavy atom. The zero-order valence-corrected chi connectivity index (χ0v) is 19.9. The lowest BCUT2D eigenvalue weighted by Gasteiger charge is -2.27. The van der Waals surface area contributed by atoms with Crippen LogP contribution >= 0.6 is 0 Å². The predicted molar refractivity (Wildman–Crippen MR) is 134 cm³/mol. The highest BCUT2D eigenvalue weighted by molar-refractivity contribution is 6.06. The van der Waals surface area contributed by atoms with Gasteiger partial charge in [0.15, 0.2) is 17.4 Å². The van der Waals surface area contributed by atoms with Gasteiger partial charge in [-0.1, -0.05) is 25.0 Å². The summed E-state index contributed by atoms with van der Waals surface area (Å²) < 4.78 is 37.6. The number of methoxy groups -OCH3 is 1. The van der Waals surface area contributed by atoms with E-state index in [1.165, 1.54) is 37.6 Å². The lowest BCUT2D eigenvalue weighted by molar-refractivity contribution is 0.0392. The molecule has 188 valence electrons. The van der Waals surface area contributed by atoms with Crippen molar-refractivity contribution < 1.29 is 28.5 Å². The number of halogens is 2. The topological polar surface area (TPSA) is 100 Å². The number of H-pyrrole nitrogens is 1. The minimum absolute atomic E-state index is 0.0148. The summed E-state index contributed by atoms with van der Waals surface area (Å²) in [7, 11) is 1.37. The Balaban J connectivity index is 1.79. The summed E-state index contributed by atoms with van der Waals surface area (Å²) in [5.41, 5.74) is 1.45. The number of hydrogen-bond donors (Lipinski definition) is 3. The molecular weight excluding hydrogens is 480 g/mol. The number of carboxylic acids is 1. The molecule has 7 nitrogen and oxygen atoms in total. The lowest BCUT2D eigenvalue weighted by atomic mass is 9.89. The molecule has 0 amide bonds. The van der Waals surface area contributed by atoms with Gasteiger partial charge in [-0.05, 0) is 48.7 Å². The van der Waals surface area contributed by atoms with Gasteiger partial charge >= 0.3 is 5.97 Å². The highest BCUT2D eigenvalue weighted by Gasteiger charge is 2.41. The molecule has 0 saturated heterocycles. The molecule has 37 heavy (non-hydrogen) atoms. The number of carbonyl (C=O) groups is 1. The van der Waals surface area contributed by atoms with Crippen molar-refractivity contribution in [2.45, 2.75) is 31.3 Å². The Morgan fingerprint density at radius 1 is 1.11 bits per heavy atom. The second kappa shape index (κ2) is 8.41. The summed E-state index contributed by atoms with van der Waals surface area (Å²) in [6.07, 6.45) is 4.02. The molecule has 1 saturated carbocycles. The molecule has 0 spiro atoms. The Bertz CT molecular complexity index is 1680.